The number of benzene rings is 3. The Morgan fingerprint density at radius 3 is 2.28 bits per heavy atom. The van der Waals surface area contributed by atoms with Crippen LogP contribution in [0.5, 0.6) is 0 Å². The summed E-state index contributed by atoms with van der Waals surface area (Å²) in [6.45, 7) is 5.92. The van der Waals surface area contributed by atoms with E-state index in [-0.39, 0.29) is 5.91 Å². The highest BCUT2D eigenvalue weighted by Crippen LogP contribution is 2.24. The molecule has 158 valence electrons. The first-order valence-corrected chi connectivity index (χ1v) is 10.5. The minimum absolute atomic E-state index is 0.165. The average molecular weight is 422 g/mol. The number of para-hydroxylation sites is 2. The Labute approximate surface area is 186 Å². The highest BCUT2D eigenvalue weighted by atomic mass is 16.1. The first-order valence-electron chi connectivity index (χ1n) is 10.5. The van der Waals surface area contributed by atoms with Crippen LogP contribution in [-0.2, 0) is 0 Å². The molecule has 5 aromatic rings. The molecule has 0 saturated carbocycles. The summed E-state index contributed by atoms with van der Waals surface area (Å²) in [6.07, 6.45) is 1.80. The quantitative estimate of drug-likeness (QED) is 0.423. The largest absolute Gasteiger partial charge is 0.319 e. The SMILES string of the molecule is Cc1ccc(-n2nc(C)c(NC(=O)c3ccc(-n4cnc5ccccc54)cc3)c2C)cc1. The van der Waals surface area contributed by atoms with Gasteiger partial charge in [0.1, 0.15) is 6.33 Å². The molecular weight excluding hydrogens is 398 g/mol. The number of nitrogens with one attached hydrogen (secondary N) is 1. The topological polar surface area (TPSA) is 64.7 Å². The first kappa shape index (κ1) is 19.8. The van der Waals surface area contributed by atoms with Gasteiger partial charge in [0.05, 0.1) is 33.8 Å². The molecule has 0 fully saturated rings. The third kappa shape index (κ3) is 3.46. The fourth-order valence-electron chi connectivity index (χ4n) is 3.88. The molecule has 0 aliphatic heterocycles. The molecule has 1 N–H and O–H groups in total. The van der Waals surface area contributed by atoms with Gasteiger partial charge in [0.15, 0.2) is 0 Å². The van der Waals surface area contributed by atoms with Crippen molar-refractivity contribution in [3.63, 3.8) is 0 Å². The Kier molecular flexibility index (Phi) is 4.82. The number of amides is 1. The van der Waals surface area contributed by atoms with E-state index in [9.17, 15) is 4.79 Å². The summed E-state index contributed by atoms with van der Waals surface area (Å²) in [7, 11) is 0. The maximum absolute atomic E-state index is 13.0. The molecule has 6 heteroatoms. The second kappa shape index (κ2) is 7.81. The van der Waals surface area contributed by atoms with E-state index >= 15 is 0 Å². The van der Waals surface area contributed by atoms with Crippen molar-refractivity contribution in [3.05, 3.63) is 102 Å². The number of carbonyl (C=O) groups is 1. The van der Waals surface area contributed by atoms with Gasteiger partial charge in [-0.25, -0.2) is 9.67 Å². The molecule has 1 amide bonds. The minimum atomic E-state index is -0.165. The van der Waals surface area contributed by atoms with E-state index < -0.39 is 0 Å². The fourth-order valence-corrected chi connectivity index (χ4v) is 3.88. The van der Waals surface area contributed by atoms with Crippen LogP contribution in [0.2, 0.25) is 0 Å². The highest BCUT2D eigenvalue weighted by molar-refractivity contribution is 6.05. The number of fused-ring (bicyclic) bond motifs is 1. The number of imidazole rings is 1. The van der Waals surface area contributed by atoms with Gasteiger partial charge in [0, 0.05) is 11.3 Å². The number of anilines is 1. The Balaban J connectivity index is 1.39. The molecule has 3 aromatic carbocycles. The first-order chi connectivity index (χ1) is 15.5. The number of aromatic nitrogens is 4. The maximum atomic E-state index is 13.0. The van der Waals surface area contributed by atoms with Crippen molar-refractivity contribution in [2.24, 2.45) is 0 Å². The van der Waals surface area contributed by atoms with Gasteiger partial charge in [-0.1, -0.05) is 29.8 Å². The smallest absolute Gasteiger partial charge is 0.255 e. The van der Waals surface area contributed by atoms with Crippen LogP contribution in [-0.4, -0.2) is 25.2 Å². The van der Waals surface area contributed by atoms with Crippen molar-refractivity contribution >= 4 is 22.6 Å². The lowest BCUT2D eigenvalue weighted by atomic mass is 10.1. The Morgan fingerprint density at radius 1 is 0.844 bits per heavy atom. The molecule has 0 unspecified atom stereocenters. The van der Waals surface area contributed by atoms with Gasteiger partial charge in [-0.05, 0) is 69.3 Å². The zero-order valence-corrected chi connectivity index (χ0v) is 18.2. The minimum Gasteiger partial charge on any atom is -0.319 e. The average Bonchev–Trinajstić information content (AvgIpc) is 3.36. The van der Waals surface area contributed by atoms with Crippen LogP contribution in [0, 0.1) is 20.8 Å². The monoisotopic (exact) mass is 421 g/mol. The lowest BCUT2D eigenvalue weighted by molar-refractivity contribution is 0.102. The number of aryl methyl sites for hydroxylation is 2. The molecule has 0 radical (unpaired) electrons. The molecule has 0 saturated heterocycles. The summed E-state index contributed by atoms with van der Waals surface area (Å²) in [5.41, 5.74) is 8.06. The van der Waals surface area contributed by atoms with Gasteiger partial charge in [0.25, 0.3) is 5.91 Å². The van der Waals surface area contributed by atoms with Gasteiger partial charge in [-0.2, -0.15) is 5.10 Å². The second-order valence-electron chi connectivity index (χ2n) is 7.90. The summed E-state index contributed by atoms with van der Waals surface area (Å²) in [4.78, 5) is 17.4. The lowest BCUT2D eigenvalue weighted by Crippen LogP contribution is -2.13. The van der Waals surface area contributed by atoms with Gasteiger partial charge < -0.3 is 5.32 Å². The molecule has 2 heterocycles. The van der Waals surface area contributed by atoms with E-state index in [0.29, 0.717) is 5.56 Å². The van der Waals surface area contributed by atoms with Gasteiger partial charge in [-0.3, -0.25) is 9.36 Å². The van der Waals surface area contributed by atoms with Gasteiger partial charge in [-0.15, -0.1) is 0 Å². The summed E-state index contributed by atoms with van der Waals surface area (Å²) in [6, 6.07) is 23.6. The summed E-state index contributed by atoms with van der Waals surface area (Å²) >= 11 is 0. The van der Waals surface area contributed by atoms with Crippen LogP contribution < -0.4 is 5.32 Å². The van der Waals surface area contributed by atoms with Crippen LogP contribution in [0.25, 0.3) is 22.4 Å². The molecule has 0 bridgehead atoms. The molecule has 0 spiro atoms. The Hall–Kier alpha value is -4.19. The van der Waals surface area contributed by atoms with Crippen molar-refractivity contribution in [1.29, 1.82) is 0 Å². The summed E-state index contributed by atoms with van der Waals surface area (Å²) < 4.78 is 3.87. The molecule has 6 nitrogen and oxygen atoms in total. The molecule has 0 aliphatic carbocycles. The number of hydrogen-bond acceptors (Lipinski definition) is 3. The zero-order chi connectivity index (χ0) is 22.2. The number of rotatable bonds is 4. The third-order valence-electron chi connectivity index (χ3n) is 5.67. The van der Waals surface area contributed by atoms with Crippen LogP contribution >= 0.6 is 0 Å². The van der Waals surface area contributed by atoms with Crippen LogP contribution in [0.1, 0.15) is 27.3 Å². The fraction of sp³-hybridized carbons (Fsp3) is 0.115. The molecule has 0 aliphatic rings. The number of nitrogens with zero attached hydrogens (tertiary/aromatic N) is 4. The van der Waals surface area contributed by atoms with Gasteiger partial charge in [0.2, 0.25) is 0 Å². The predicted octanol–water partition coefficient (Wildman–Crippen LogP) is 5.39. The normalized spacial score (nSPS) is 11.1. The van der Waals surface area contributed by atoms with Crippen molar-refractivity contribution < 1.29 is 4.79 Å². The van der Waals surface area contributed by atoms with Crippen LogP contribution in [0.3, 0.4) is 0 Å². The second-order valence-corrected chi connectivity index (χ2v) is 7.90. The van der Waals surface area contributed by atoms with Gasteiger partial charge >= 0.3 is 0 Å². The third-order valence-corrected chi connectivity index (χ3v) is 5.67. The molecule has 0 atom stereocenters. The maximum Gasteiger partial charge on any atom is 0.255 e. The van der Waals surface area contributed by atoms with Crippen molar-refractivity contribution in [2.45, 2.75) is 20.8 Å². The number of carbonyl (C=O) groups excluding carboxylic acids is 1. The molecule has 5 rings (SSSR count). The van der Waals surface area contributed by atoms with E-state index in [1.165, 1.54) is 5.56 Å². The van der Waals surface area contributed by atoms with E-state index in [4.69, 9.17) is 0 Å². The van der Waals surface area contributed by atoms with Crippen LogP contribution in [0.4, 0.5) is 5.69 Å². The van der Waals surface area contributed by atoms with Crippen molar-refractivity contribution in [1.82, 2.24) is 19.3 Å². The van der Waals surface area contributed by atoms with Crippen LogP contribution in [0.15, 0.2) is 79.1 Å². The van der Waals surface area contributed by atoms with E-state index in [2.05, 4.69) is 34.5 Å². The predicted molar refractivity (Wildman–Crippen MR) is 127 cm³/mol. The summed E-state index contributed by atoms with van der Waals surface area (Å²) in [5, 5.41) is 7.66. The van der Waals surface area contributed by atoms with Crippen molar-refractivity contribution in [3.8, 4) is 11.4 Å². The molecule has 32 heavy (non-hydrogen) atoms. The molecule has 2 aromatic heterocycles. The molecular formula is C26H23N5O. The number of hydrogen-bond donors (Lipinski definition) is 1. The zero-order valence-electron chi connectivity index (χ0n) is 18.2. The van der Waals surface area contributed by atoms with E-state index in [1.54, 1.807) is 6.33 Å². The standard InChI is InChI=1S/C26H23N5O/c1-17-8-12-22(13-9-17)31-19(3)25(18(2)29-31)28-26(32)20-10-14-21(15-11-20)30-16-27-23-6-4-5-7-24(23)30/h4-16H,1-3H3,(H,28,32). The lowest BCUT2D eigenvalue weighted by Gasteiger charge is -2.09. The van der Waals surface area contributed by atoms with Crippen molar-refractivity contribution in [2.75, 3.05) is 5.32 Å². The summed E-state index contributed by atoms with van der Waals surface area (Å²) in [5.74, 6) is -0.165. The Bertz CT molecular complexity index is 1430. The Morgan fingerprint density at radius 2 is 1.53 bits per heavy atom. The van der Waals surface area contributed by atoms with E-state index in [0.717, 1.165) is 39.5 Å². The highest BCUT2D eigenvalue weighted by Gasteiger charge is 2.16. The van der Waals surface area contributed by atoms with E-state index in [1.807, 2.05) is 83.8 Å².